The molecular formula is C24H24N4O2. The molecule has 4 aromatic rings. The fraction of sp³-hybridized carbons (Fsp3) is 0.250. The third kappa shape index (κ3) is 3.00. The summed E-state index contributed by atoms with van der Waals surface area (Å²) in [5.41, 5.74) is 11.6. The van der Waals surface area contributed by atoms with Crippen LogP contribution in [0.4, 0.5) is 11.4 Å². The van der Waals surface area contributed by atoms with Crippen LogP contribution in [0.5, 0.6) is 0 Å². The number of nitrogens with two attached hydrogens (primary N) is 1. The summed E-state index contributed by atoms with van der Waals surface area (Å²) in [6.45, 7) is 7.14. The van der Waals surface area contributed by atoms with Crippen molar-refractivity contribution < 1.29 is 4.42 Å². The van der Waals surface area contributed by atoms with E-state index in [4.69, 9.17) is 10.2 Å². The van der Waals surface area contributed by atoms with E-state index in [0.29, 0.717) is 33.8 Å². The van der Waals surface area contributed by atoms with Gasteiger partial charge in [-0.1, -0.05) is 18.2 Å². The lowest BCUT2D eigenvalue weighted by Gasteiger charge is -2.33. The standard InChI is InChI=1S/C24H24N4O2/c1-14-12-27-22-23(29)21-18(25)4-3-5-19(21)30-24(22)20(14)16-6-8-17(9-7-16)28-11-10-26-15(2)13-28/h3-9,12,15,26H,10-11,13,25H2,1-2H3/t15-/m0/s1. The molecule has 1 aliphatic heterocycles. The molecule has 6 nitrogen and oxygen atoms in total. The smallest absolute Gasteiger partial charge is 0.221 e. The number of pyridine rings is 1. The van der Waals surface area contributed by atoms with Crippen molar-refractivity contribution in [3.8, 4) is 11.1 Å². The summed E-state index contributed by atoms with van der Waals surface area (Å²) in [6.07, 6.45) is 1.73. The highest BCUT2D eigenvalue weighted by atomic mass is 16.3. The zero-order valence-electron chi connectivity index (χ0n) is 17.1. The number of nitrogens with zero attached hydrogens (tertiary/aromatic N) is 2. The van der Waals surface area contributed by atoms with Crippen molar-refractivity contribution in [2.24, 2.45) is 0 Å². The SMILES string of the molecule is Cc1cnc2c(=O)c3c(N)cccc3oc2c1-c1ccc(N2CCN[C@@H](C)C2)cc1. The molecule has 6 heteroatoms. The molecule has 1 aliphatic rings. The maximum Gasteiger partial charge on any atom is 0.221 e. The van der Waals surface area contributed by atoms with Crippen molar-refractivity contribution in [3.63, 3.8) is 0 Å². The van der Waals surface area contributed by atoms with Crippen molar-refractivity contribution in [2.75, 3.05) is 30.3 Å². The Labute approximate surface area is 174 Å². The zero-order valence-corrected chi connectivity index (χ0v) is 17.1. The molecule has 0 unspecified atom stereocenters. The van der Waals surface area contributed by atoms with Crippen LogP contribution >= 0.6 is 0 Å². The third-order valence-corrected chi connectivity index (χ3v) is 5.83. The Hall–Kier alpha value is -3.38. The van der Waals surface area contributed by atoms with E-state index in [1.807, 2.05) is 6.92 Å². The average molecular weight is 400 g/mol. The Morgan fingerprint density at radius 1 is 1.20 bits per heavy atom. The number of nitrogen functional groups attached to an aromatic ring is 1. The normalized spacial score (nSPS) is 17.0. The fourth-order valence-corrected chi connectivity index (χ4v) is 4.31. The quantitative estimate of drug-likeness (QED) is 0.394. The van der Waals surface area contributed by atoms with Crippen molar-refractivity contribution >= 4 is 33.4 Å². The number of nitrogens with one attached hydrogen (secondary N) is 1. The molecular weight excluding hydrogens is 376 g/mol. The van der Waals surface area contributed by atoms with Crippen LogP contribution in [0.1, 0.15) is 12.5 Å². The van der Waals surface area contributed by atoms with Gasteiger partial charge in [-0.3, -0.25) is 4.79 Å². The van der Waals surface area contributed by atoms with Crippen molar-refractivity contribution in [1.29, 1.82) is 0 Å². The van der Waals surface area contributed by atoms with Gasteiger partial charge in [0.15, 0.2) is 11.1 Å². The first-order valence-electron chi connectivity index (χ1n) is 10.2. The van der Waals surface area contributed by atoms with Crippen molar-refractivity contribution in [1.82, 2.24) is 10.3 Å². The highest BCUT2D eigenvalue weighted by Crippen LogP contribution is 2.33. The molecule has 0 amide bonds. The predicted octanol–water partition coefficient (Wildman–Crippen LogP) is 3.70. The summed E-state index contributed by atoms with van der Waals surface area (Å²) >= 11 is 0. The summed E-state index contributed by atoms with van der Waals surface area (Å²) < 4.78 is 6.17. The van der Waals surface area contributed by atoms with Crippen LogP contribution in [0.25, 0.3) is 33.2 Å². The zero-order chi connectivity index (χ0) is 20.8. The van der Waals surface area contributed by atoms with Gasteiger partial charge in [0.2, 0.25) is 5.43 Å². The number of fused-ring (bicyclic) bond motifs is 2. The molecule has 3 N–H and O–H groups in total. The second-order valence-electron chi connectivity index (χ2n) is 7.99. The van der Waals surface area contributed by atoms with Gasteiger partial charge in [0, 0.05) is 48.8 Å². The van der Waals surface area contributed by atoms with E-state index in [2.05, 4.69) is 46.4 Å². The third-order valence-electron chi connectivity index (χ3n) is 5.83. The second kappa shape index (κ2) is 7.15. The molecule has 0 spiro atoms. The Bertz CT molecular complexity index is 1310. The maximum atomic E-state index is 13.1. The van der Waals surface area contributed by atoms with E-state index < -0.39 is 0 Å². The molecule has 2 aromatic heterocycles. The van der Waals surface area contributed by atoms with Crippen molar-refractivity contribution in [2.45, 2.75) is 19.9 Å². The number of hydrogen-bond donors (Lipinski definition) is 2. The molecule has 1 fully saturated rings. The van der Waals surface area contributed by atoms with Crippen LogP contribution in [-0.4, -0.2) is 30.7 Å². The first kappa shape index (κ1) is 18.6. The van der Waals surface area contributed by atoms with Gasteiger partial charge in [0.1, 0.15) is 5.58 Å². The molecule has 2 aromatic carbocycles. The van der Waals surface area contributed by atoms with E-state index in [1.165, 1.54) is 5.69 Å². The second-order valence-corrected chi connectivity index (χ2v) is 7.99. The van der Waals surface area contributed by atoms with Gasteiger partial charge in [0.05, 0.1) is 5.39 Å². The number of anilines is 2. The lowest BCUT2D eigenvalue weighted by molar-refractivity contribution is 0.485. The monoisotopic (exact) mass is 400 g/mol. The number of rotatable bonds is 2. The minimum atomic E-state index is -0.197. The Morgan fingerprint density at radius 3 is 2.77 bits per heavy atom. The molecule has 0 aliphatic carbocycles. The molecule has 152 valence electrons. The first-order chi connectivity index (χ1) is 14.5. The van der Waals surface area contributed by atoms with Gasteiger partial charge in [-0.25, -0.2) is 4.98 Å². The summed E-state index contributed by atoms with van der Waals surface area (Å²) in [4.78, 5) is 19.8. The lowest BCUT2D eigenvalue weighted by atomic mass is 9.99. The molecule has 0 bridgehead atoms. The van der Waals surface area contributed by atoms with Crippen molar-refractivity contribution in [3.05, 3.63) is 64.4 Å². The highest BCUT2D eigenvalue weighted by Gasteiger charge is 2.19. The number of benzene rings is 2. The minimum Gasteiger partial charge on any atom is -0.453 e. The minimum absolute atomic E-state index is 0.197. The number of piperazine rings is 1. The van der Waals surface area contributed by atoms with Gasteiger partial charge in [-0.05, 0) is 49.2 Å². The maximum absolute atomic E-state index is 13.1. The van der Waals surface area contributed by atoms with E-state index >= 15 is 0 Å². The van der Waals surface area contributed by atoms with Crippen LogP contribution in [0.3, 0.4) is 0 Å². The molecule has 1 atom stereocenters. The Balaban J connectivity index is 1.66. The van der Waals surface area contributed by atoms with E-state index in [1.54, 1.807) is 24.4 Å². The molecule has 5 rings (SSSR count). The Kier molecular flexibility index (Phi) is 4.44. The summed E-state index contributed by atoms with van der Waals surface area (Å²) in [7, 11) is 0. The van der Waals surface area contributed by atoms with E-state index in [9.17, 15) is 4.79 Å². The van der Waals surface area contributed by atoms with Crippen LogP contribution in [0.15, 0.2) is 57.9 Å². The number of hydrogen-bond acceptors (Lipinski definition) is 6. The Morgan fingerprint density at radius 2 is 2.00 bits per heavy atom. The van der Waals surface area contributed by atoms with Gasteiger partial charge < -0.3 is 20.4 Å². The highest BCUT2D eigenvalue weighted by molar-refractivity contribution is 6.00. The summed E-state index contributed by atoms with van der Waals surface area (Å²) in [5.74, 6) is 0. The topological polar surface area (TPSA) is 84.4 Å². The molecule has 1 saturated heterocycles. The fourth-order valence-electron chi connectivity index (χ4n) is 4.31. The molecule has 0 saturated carbocycles. The first-order valence-corrected chi connectivity index (χ1v) is 10.2. The van der Waals surface area contributed by atoms with Crippen LogP contribution in [0, 0.1) is 6.92 Å². The molecule has 0 radical (unpaired) electrons. The largest absolute Gasteiger partial charge is 0.453 e. The van der Waals surface area contributed by atoms with Gasteiger partial charge >= 0.3 is 0 Å². The van der Waals surface area contributed by atoms with Crippen LogP contribution in [0.2, 0.25) is 0 Å². The van der Waals surface area contributed by atoms with Crippen LogP contribution < -0.4 is 21.4 Å². The predicted molar refractivity (Wildman–Crippen MR) is 122 cm³/mol. The van der Waals surface area contributed by atoms with Gasteiger partial charge in [-0.15, -0.1) is 0 Å². The summed E-state index contributed by atoms with van der Waals surface area (Å²) in [5, 5.41) is 3.86. The molecule has 30 heavy (non-hydrogen) atoms. The van der Waals surface area contributed by atoms with Gasteiger partial charge in [0.25, 0.3) is 0 Å². The number of aromatic nitrogens is 1. The van der Waals surface area contributed by atoms with Gasteiger partial charge in [-0.2, -0.15) is 0 Å². The number of aryl methyl sites for hydroxylation is 1. The van der Waals surface area contributed by atoms with E-state index in [0.717, 1.165) is 36.3 Å². The lowest BCUT2D eigenvalue weighted by Crippen LogP contribution is -2.49. The summed E-state index contributed by atoms with van der Waals surface area (Å²) in [6, 6.07) is 14.2. The van der Waals surface area contributed by atoms with Crippen LogP contribution in [-0.2, 0) is 0 Å². The molecule has 3 heterocycles. The average Bonchev–Trinajstić information content (AvgIpc) is 2.74. The van der Waals surface area contributed by atoms with E-state index in [-0.39, 0.29) is 5.43 Å².